The number of rotatable bonds is 4. The van der Waals surface area contributed by atoms with Gasteiger partial charge in [0.05, 0.1) is 0 Å². The Morgan fingerprint density at radius 3 is 2.14 bits per heavy atom. The van der Waals surface area contributed by atoms with Crippen LogP contribution in [-0.2, 0) is 0 Å². The van der Waals surface area contributed by atoms with Gasteiger partial charge in [-0.15, -0.1) is 24.8 Å². The van der Waals surface area contributed by atoms with Crippen molar-refractivity contribution < 1.29 is 13.2 Å². The van der Waals surface area contributed by atoms with Crippen LogP contribution in [0, 0.1) is 23.4 Å². The number of nitrogens with zero attached hydrogens (tertiary/aromatic N) is 1. The fourth-order valence-corrected chi connectivity index (χ4v) is 2.74. The molecule has 0 spiro atoms. The van der Waals surface area contributed by atoms with Crippen LogP contribution < -0.4 is 5.32 Å². The predicted octanol–water partition coefficient (Wildman–Crippen LogP) is 3.94. The van der Waals surface area contributed by atoms with E-state index in [1.165, 1.54) is 0 Å². The fraction of sp³-hybridized carbons (Fsp3) is 0.600. The minimum atomic E-state index is -1.05. The van der Waals surface area contributed by atoms with Gasteiger partial charge in [0.15, 0.2) is 11.6 Å². The number of halogens is 5. The third kappa shape index (κ3) is 5.01. The molecule has 0 aromatic heterocycles. The van der Waals surface area contributed by atoms with Crippen molar-refractivity contribution in [1.29, 1.82) is 0 Å². The lowest BCUT2D eigenvalue weighted by Crippen LogP contribution is -2.45. The van der Waals surface area contributed by atoms with Gasteiger partial charge in [-0.05, 0) is 24.5 Å². The Hall–Kier alpha value is -0.490. The molecule has 7 heteroatoms. The normalized spacial score (nSPS) is 16.8. The van der Waals surface area contributed by atoms with E-state index in [9.17, 15) is 13.2 Å². The maximum atomic E-state index is 14.1. The van der Waals surface area contributed by atoms with Crippen molar-refractivity contribution in [2.24, 2.45) is 5.92 Å². The molecular formula is C15H23Cl2F3N2. The molecule has 0 saturated carbocycles. The zero-order chi connectivity index (χ0) is 14.7. The average molecular weight is 359 g/mol. The lowest BCUT2D eigenvalue weighted by atomic mass is 9.94. The van der Waals surface area contributed by atoms with E-state index in [-0.39, 0.29) is 36.3 Å². The summed E-state index contributed by atoms with van der Waals surface area (Å²) < 4.78 is 41.5. The Morgan fingerprint density at radius 1 is 1.05 bits per heavy atom. The summed E-state index contributed by atoms with van der Waals surface area (Å²) >= 11 is 0. The molecule has 1 saturated heterocycles. The van der Waals surface area contributed by atoms with Crippen LogP contribution in [0.25, 0.3) is 0 Å². The highest BCUT2D eigenvalue weighted by Crippen LogP contribution is 2.32. The molecule has 128 valence electrons. The lowest BCUT2D eigenvalue weighted by Gasteiger charge is -2.36. The number of hydrogen-bond acceptors (Lipinski definition) is 2. The van der Waals surface area contributed by atoms with E-state index < -0.39 is 23.5 Å². The molecule has 1 heterocycles. The van der Waals surface area contributed by atoms with Crippen molar-refractivity contribution in [3.8, 4) is 0 Å². The zero-order valence-electron chi connectivity index (χ0n) is 12.7. The molecule has 0 radical (unpaired) electrons. The van der Waals surface area contributed by atoms with E-state index in [1.54, 1.807) is 0 Å². The summed E-state index contributed by atoms with van der Waals surface area (Å²) in [5.74, 6) is -2.41. The van der Waals surface area contributed by atoms with Crippen LogP contribution in [0.2, 0.25) is 0 Å². The molecule has 1 fully saturated rings. The van der Waals surface area contributed by atoms with Crippen LogP contribution in [0.5, 0.6) is 0 Å². The highest BCUT2D eigenvalue weighted by atomic mass is 35.5. The number of hydrogen-bond donors (Lipinski definition) is 1. The Balaban J connectivity index is 0.00000220. The topological polar surface area (TPSA) is 15.3 Å². The van der Waals surface area contributed by atoms with E-state index in [0.717, 1.165) is 25.2 Å². The number of benzene rings is 1. The fourth-order valence-electron chi connectivity index (χ4n) is 2.74. The van der Waals surface area contributed by atoms with Gasteiger partial charge in [0.25, 0.3) is 0 Å². The predicted molar refractivity (Wildman–Crippen MR) is 87.5 cm³/mol. The summed E-state index contributed by atoms with van der Waals surface area (Å²) in [7, 11) is 0. The van der Waals surface area contributed by atoms with Crippen molar-refractivity contribution in [1.82, 2.24) is 10.2 Å². The first-order chi connectivity index (χ1) is 9.50. The zero-order valence-corrected chi connectivity index (χ0v) is 14.4. The maximum absolute atomic E-state index is 14.1. The standard InChI is InChI=1S/C15H21F3N2.2ClH/c1-10(2)9-13(20-7-5-19-6-8-20)14-11(16)3-4-12(17)15(14)18;;/h3-4,10,13,19H,5-9H2,1-2H3;2*1H/t13-;;/m0../s1. The Kier molecular flexibility index (Phi) is 9.39. The molecule has 0 unspecified atom stereocenters. The second-order valence-electron chi connectivity index (χ2n) is 5.69. The lowest BCUT2D eigenvalue weighted by molar-refractivity contribution is 0.147. The number of piperazine rings is 1. The van der Waals surface area contributed by atoms with Crippen LogP contribution in [0.1, 0.15) is 31.9 Å². The SMILES string of the molecule is CC(C)C[C@@H](c1c(F)ccc(F)c1F)N1CCNCC1.Cl.Cl. The quantitative estimate of drug-likeness (QED) is 0.820. The summed E-state index contributed by atoms with van der Waals surface area (Å²) in [6.07, 6.45) is 0.608. The van der Waals surface area contributed by atoms with Gasteiger partial charge in [-0.3, -0.25) is 4.90 Å². The molecule has 0 amide bonds. The van der Waals surface area contributed by atoms with Crippen LogP contribution in [0.4, 0.5) is 13.2 Å². The second-order valence-corrected chi connectivity index (χ2v) is 5.69. The molecule has 1 aromatic carbocycles. The molecule has 1 N–H and O–H groups in total. The third-order valence-corrected chi connectivity index (χ3v) is 3.70. The average Bonchev–Trinajstić information content (AvgIpc) is 2.43. The summed E-state index contributed by atoms with van der Waals surface area (Å²) in [5.41, 5.74) is -0.124. The Morgan fingerprint density at radius 2 is 1.59 bits per heavy atom. The molecule has 22 heavy (non-hydrogen) atoms. The summed E-state index contributed by atoms with van der Waals surface area (Å²) in [5, 5.41) is 3.21. The monoisotopic (exact) mass is 358 g/mol. The van der Waals surface area contributed by atoms with Gasteiger partial charge in [0.2, 0.25) is 0 Å². The van der Waals surface area contributed by atoms with E-state index in [4.69, 9.17) is 0 Å². The van der Waals surface area contributed by atoms with E-state index in [2.05, 4.69) is 5.32 Å². The van der Waals surface area contributed by atoms with Crippen LogP contribution >= 0.6 is 24.8 Å². The van der Waals surface area contributed by atoms with E-state index in [0.29, 0.717) is 19.5 Å². The summed E-state index contributed by atoms with van der Waals surface area (Å²) in [6.45, 7) is 7.01. The molecule has 1 aliphatic heterocycles. The van der Waals surface area contributed by atoms with Crippen molar-refractivity contribution in [3.63, 3.8) is 0 Å². The van der Waals surface area contributed by atoms with Gasteiger partial charge in [-0.25, -0.2) is 13.2 Å². The molecule has 1 atom stereocenters. The van der Waals surface area contributed by atoms with E-state index >= 15 is 0 Å². The van der Waals surface area contributed by atoms with Gasteiger partial charge < -0.3 is 5.32 Å². The Bertz CT molecular complexity index is 466. The van der Waals surface area contributed by atoms with Crippen molar-refractivity contribution >= 4 is 24.8 Å². The minimum absolute atomic E-state index is 0. The van der Waals surface area contributed by atoms with Crippen molar-refractivity contribution in [2.45, 2.75) is 26.3 Å². The molecule has 1 aliphatic rings. The highest BCUT2D eigenvalue weighted by Gasteiger charge is 2.29. The molecule has 2 rings (SSSR count). The van der Waals surface area contributed by atoms with Gasteiger partial charge in [-0.2, -0.15) is 0 Å². The largest absolute Gasteiger partial charge is 0.314 e. The molecule has 0 bridgehead atoms. The van der Waals surface area contributed by atoms with E-state index in [1.807, 2.05) is 18.7 Å². The first kappa shape index (κ1) is 21.5. The van der Waals surface area contributed by atoms with Gasteiger partial charge in [0, 0.05) is 37.8 Å². The van der Waals surface area contributed by atoms with Crippen LogP contribution in [0.15, 0.2) is 12.1 Å². The van der Waals surface area contributed by atoms with Gasteiger partial charge >= 0.3 is 0 Å². The number of nitrogens with one attached hydrogen (secondary N) is 1. The molecule has 1 aromatic rings. The highest BCUT2D eigenvalue weighted by molar-refractivity contribution is 5.85. The van der Waals surface area contributed by atoms with Crippen molar-refractivity contribution in [3.05, 3.63) is 35.1 Å². The molecule has 2 nitrogen and oxygen atoms in total. The summed E-state index contributed by atoms with van der Waals surface area (Å²) in [4.78, 5) is 2.04. The van der Waals surface area contributed by atoms with Crippen LogP contribution in [-0.4, -0.2) is 31.1 Å². The first-order valence-corrected chi connectivity index (χ1v) is 7.09. The van der Waals surface area contributed by atoms with Gasteiger partial charge in [-0.1, -0.05) is 13.8 Å². The van der Waals surface area contributed by atoms with Crippen LogP contribution in [0.3, 0.4) is 0 Å². The van der Waals surface area contributed by atoms with Gasteiger partial charge in [0.1, 0.15) is 5.82 Å². The smallest absolute Gasteiger partial charge is 0.166 e. The Labute approximate surface area is 142 Å². The molecular weight excluding hydrogens is 336 g/mol. The summed E-state index contributed by atoms with van der Waals surface area (Å²) in [6, 6.07) is 1.45. The maximum Gasteiger partial charge on any atom is 0.166 e. The minimum Gasteiger partial charge on any atom is -0.314 e. The third-order valence-electron chi connectivity index (χ3n) is 3.70. The second kappa shape index (κ2) is 9.60. The molecule has 0 aliphatic carbocycles. The first-order valence-electron chi connectivity index (χ1n) is 7.09. The van der Waals surface area contributed by atoms with Crippen molar-refractivity contribution in [2.75, 3.05) is 26.2 Å².